The van der Waals surface area contributed by atoms with Crippen LogP contribution in [0.2, 0.25) is 0 Å². The molecule has 0 saturated carbocycles. The van der Waals surface area contributed by atoms with Crippen LogP contribution in [-0.2, 0) is 16.2 Å². The number of hydrogen-bond donors (Lipinski definition) is 0. The maximum atomic E-state index is 5.83. The van der Waals surface area contributed by atoms with E-state index in [1.54, 1.807) is 11.1 Å². The second-order valence-corrected chi connectivity index (χ2v) is 4.62. The molecule has 1 aromatic rings. The molecule has 0 radical (unpaired) electrons. The summed E-state index contributed by atoms with van der Waals surface area (Å²) in [5.74, 6) is 1.01. The molecule has 0 unspecified atom stereocenters. The van der Waals surface area contributed by atoms with Crippen molar-refractivity contribution in [3.63, 3.8) is 0 Å². The Bertz CT molecular complexity index is 439. The van der Waals surface area contributed by atoms with E-state index in [1.165, 1.54) is 0 Å². The highest BCUT2D eigenvalue weighted by molar-refractivity contribution is 5.13. The van der Waals surface area contributed by atoms with Crippen LogP contribution < -0.4 is 0 Å². The molecule has 1 aliphatic heterocycles. The van der Waals surface area contributed by atoms with Crippen molar-refractivity contribution in [2.45, 2.75) is 6.61 Å². The van der Waals surface area contributed by atoms with Gasteiger partial charge in [0.25, 0.3) is 0 Å². The van der Waals surface area contributed by atoms with Gasteiger partial charge < -0.3 is 9.64 Å². The van der Waals surface area contributed by atoms with Gasteiger partial charge in [-0.05, 0) is 11.6 Å². The van der Waals surface area contributed by atoms with Crippen LogP contribution in [0, 0.1) is 0 Å². The molecule has 0 bridgehead atoms. The summed E-state index contributed by atoms with van der Waals surface area (Å²) in [6.07, 6.45) is 3.75. The molecule has 0 aliphatic carbocycles. The highest BCUT2D eigenvalue weighted by atomic mass is 16.7. The van der Waals surface area contributed by atoms with Crippen molar-refractivity contribution in [3.05, 3.63) is 60.4 Å². The van der Waals surface area contributed by atoms with E-state index in [9.17, 15) is 0 Å². The lowest BCUT2D eigenvalue weighted by molar-refractivity contribution is -0.145. The molecule has 1 fully saturated rings. The zero-order valence-electron chi connectivity index (χ0n) is 12.0. The lowest BCUT2D eigenvalue weighted by atomic mass is 10.2. The minimum absolute atomic E-state index is 0.552. The van der Waals surface area contributed by atoms with Crippen LogP contribution in [0.15, 0.2) is 54.9 Å². The van der Waals surface area contributed by atoms with Crippen LogP contribution in [0.3, 0.4) is 0 Å². The fourth-order valence-electron chi connectivity index (χ4n) is 2.12. The number of rotatable bonds is 6. The standard InChI is InChI=1S/C16H22N2O2/c1-3-7-16(18-10-12-19-13-11-18)17(2)20-14-15-8-5-4-6-9-15/h3-9H,1,10-14H2,2H3/b16-7+. The molecule has 1 saturated heterocycles. The summed E-state index contributed by atoms with van der Waals surface area (Å²) >= 11 is 0. The van der Waals surface area contributed by atoms with Crippen molar-refractivity contribution in [1.29, 1.82) is 0 Å². The number of hydrogen-bond acceptors (Lipinski definition) is 4. The van der Waals surface area contributed by atoms with Crippen LogP contribution in [0.4, 0.5) is 0 Å². The third-order valence-electron chi connectivity index (χ3n) is 3.19. The van der Waals surface area contributed by atoms with Crippen molar-refractivity contribution >= 4 is 0 Å². The first-order chi connectivity index (χ1) is 9.81. The fraction of sp³-hybridized carbons (Fsp3) is 0.375. The Morgan fingerprint density at radius 3 is 2.70 bits per heavy atom. The van der Waals surface area contributed by atoms with E-state index in [4.69, 9.17) is 9.57 Å². The van der Waals surface area contributed by atoms with Gasteiger partial charge in [-0.25, -0.2) is 5.06 Å². The van der Waals surface area contributed by atoms with Gasteiger partial charge in [0.2, 0.25) is 0 Å². The molecule has 1 heterocycles. The topological polar surface area (TPSA) is 24.9 Å². The predicted octanol–water partition coefficient (Wildman–Crippen LogP) is 2.41. The Balaban J connectivity index is 1.94. The molecule has 20 heavy (non-hydrogen) atoms. The average Bonchev–Trinajstić information content (AvgIpc) is 2.52. The molecular weight excluding hydrogens is 252 g/mol. The number of benzene rings is 1. The third kappa shape index (κ3) is 4.11. The smallest absolute Gasteiger partial charge is 0.128 e. The average molecular weight is 274 g/mol. The second-order valence-electron chi connectivity index (χ2n) is 4.62. The van der Waals surface area contributed by atoms with E-state index in [-0.39, 0.29) is 0 Å². The SMILES string of the molecule is C=C/C=C(/N1CCOCC1)N(C)OCc1ccccc1. The fourth-order valence-corrected chi connectivity index (χ4v) is 2.12. The van der Waals surface area contributed by atoms with E-state index in [2.05, 4.69) is 23.6 Å². The summed E-state index contributed by atoms with van der Waals surface area (Å²) in [6, 6.07) is 10.1. The van der Waals surface area contributed by atoms with Gasteiger partial charge in [-0.3, -0.25) is 4.84 Å². The van der Waals surface area contributed by atoms with Gasteiger partial charge in [0.1, 0.15) is 5.82 Å². The largest absolute Gasteiger partial charge is 0.378 e. The molecule has 1 aromatic carbocycles. The summed E-state index contributed by atoms with van der Waals surface area (Å²) < 4.78 is 5.38. The van der Waals surface area contributed by atoms with Crippen LogP contribution in [-0.4, -0.2) is 43.3 Å². The summed E-state index contributed by atoms with van der Waals surface area (Å²) in [6.45, 7) is 7.58. The van der Waals surface area contributed by atoms with Gasteiger partial charge in [0.15, 0.2) is 0 Å². The molecule has 4 heteroatoms. The highest BCUT2D eigenvalue weighted by Crippen LogP contribution is 2.13. The van der Waals surface area contributed by atoms with Gasteiger partial charge in [-0.2, -0.15) is 0 Å². The first kappa shape index (κ1) is 14.6. The first-order valence-electron chi connectivity index (χ1n) is 6.87. The Labute approximate surface area is 120 Å². The molecule has 2 rings (SSSR count). The Morgan fingerprint density at radius 2 is 2.05 bits per heavy atom. The molecule has 4 nitrogen and oxygen atoms in total. The van der Waals surface area contributed by atoms with E-state index >= 15 is 0 Å². The second kappa shape index (κ2) is 7.72. The lowest BCUT2D eigenvalue weighted by Crippen LogP contribution is -2.40. The van der Waals surface area contributed by atoms with E-state index < -0.39 is 0 Å². The summed E-state index contributed by atoms with van der Waals surface area (Å²) in [5.41, 5.74) is 1.15. The molecule has 0 atom stereocenters. The van der Waals surface area contributed by atoms with Crippen LogP contribution >= 0.6 is 0 Å². The quantitative estimate of drug-likeness (QED) is 0.587. The van der Waals surface area contributed by atoms with Gasteiger partial charge in [0.05, 0.1) is 19.8 Å². The molecule has 0 amide bonds. The van der Waals surface area contributed by atoms with Crippen molar-refractivity contribution in [1.82, 2.24) is 9.96 Å². The maximum Gasteiger partial charge on any atom is 0.128 e. The Morgan fingerprint density at radius 1 is 1.35 bits per heavy atom. The Kier molecular flexibility index (Phi) is 5.65. The number of morpholine rings is 1. The molecule has 0 aromatic heterocycles. The summed E-state index contributed by atoms with van der Waals surface area (Å²) in [7, 11) is 1.92. The van der Waals surface area contributed by atoms with Gasteiger partial charge in [0, 0.05) is 20.1 Å². The molecule has 108 valence electrons. The van der Waals surface area contributed by atoms with Crippen molar-refractivity contribution in [2.24, 2.45) is 0 Å². The third-order valence-corrected chi connectivity index (χ3v) is 3.19. The zero-order chi connectivity index (χ0) is 14.2. The zero-order valence-corrected chi connectivity index (χ0v) is 12.0. The predicted molar refractivity (Wildman–Crippen MR) is 79.7 cm³/mol. The minimum Gasteiger partial charge on any atom is -0.378 e. The summed E-state index contributed by atoms with van der Waals surface area (Å²) in [5, 5.41) is 1.81. The minimum atomic E-state index is 0.552. The van der Waals surface area contributed by atoms with Crippen LogP contribution in [0.25, 0.3) is 0 Å². The van der Waals surface area contributed by atoms with E-state index in [0.29, 0.717) is 6.61 Å². The maximum absolute atomic E-state index is 5.83. The first-order valence-corrected chi connectivity index (χ1v) is 6.87. The molecule has 0 spiro atoms. The molecular formula is C16H22N2O2. The van der Waals surface area contributed by atoms with Crippen molar-refractivity contribution in [3.8, 4) is 0 Å². The van der Waals surface area contributed by atoms with E-state index in [0.717, 1.165) is 37.7 Å². The highest BCUT2D eigenvalue weighted by Gasteiger charge is 2.17. The number of nitrogens with zero attached hydrogens (tertiary/aromatic N) is 2. The van der Waals surface area contributed by atoms with Gasteiger partial charge in [-0.1, -0.05) is 43.0 Å². The molecule has 0 N–H and O–H groups in total. The van der Waals surface area contributed by atoms with E-state index in [1.807, 2.05) is 31.3 Å². The number of allylic oxidation sites excluding steroid dienone is 2. The van der Waals surface area contributed by atoms with Gasteiger partial charge in [-0.15, -0.1) is 0 Å². The van der Waals surface area contributed by atoms with Crippen molar-refractivity contribution < 1.29 is 9.57 Å². The van der Waals surface area contributed by atoms with Crippen molar-refractivity contribution in [2.75, 3.05) is 33.4 Å². The monoisotopic (exact) mass is 274 g/mol. The van der Waals surface area contributed by atoms with Crippen LogP contribution in [0.5, 0.6) is 0 Å². The molecule has 1 aliphatic rings. The number of ether oxygens (including phenoxy) is 1. The lowest BCUT2D eigenvalue weighted by Gasteiger charge is -2.35. The van der Waals surface area contributed by atoms with Crippen LogP contribution in [0.1, 0.15) is 5.56 Å². The number of hydroxylamine groups is 2. The summed E-state index contributed by atoms with van der Waals surface area (Å²) in [4.78, 5) is 8.08. The normalized spacial score (nSPS) is 16.1. The van der Waals surface area contributed by atoms with Gasteiger partial charge >= 0.3 is 0 Å². The Hall–Kier alpha value is -1.78.